The number of hydrogen-bond acceptors (Lipinski definition) is 4. The van der Waals surface area contributed by atoms with Crippen molar-refractivity contribution >= 4 is 11.9 Å². The molecule has 0 saturated carbocycles. The fourth-order valence-electron chi connectivity index (χ4n) is 2.59. The molecule has 6 nitrogen and oxygen atoms in total. The minimum atomic E-state index is -1.08. The number of ether oxygens (including phenoxy) is 1. The molecule has 96 valence electrons. The van der Waals surface area contributed by atoms with E-state index < -0.39 is 11.6 Å². The Morgan fingerprint density at radius 1 is 1.42 bits per heavy atom. The largest absolute Gasteiger partial charge is 0.493 e. The van der Waals surface area contributed by atoms with E-state index in [1.807, 2.05) is 12.1 Å². The van der Waals surface area contributed by atoms with Gasteiger partial charge in [0.15, 0.2) is 5.54 Å². The second kappa shape index (κ2) is 3.99. The Balaban J connectivity index is 2.09. The molecule has 0 bridgehead atoms. The van der Waals surface area contributed by atoms with Crippen molar-refractivity contribution in [2.45, 2.75) is 12.0 Å². The Hall–Kier alpha value is -2.55. The quantitative estimate of drug-likeness (QED) is 0.594. The van der Waals surface area contributed by atoms with E-state index in [2.05, 4.69) is 5.32 Å². The highest BCUT2D eigenvalue weighted by molar-refractivity contribution is 6.08. The van der Waals surface area contributed by atoms with Gasteiger partial charge in [-0.1, -0.05) is 18.2 Å². The smallest absolute Gasteiger partial charge is 0.326 e. The highest BCUT2D eigenvalue weighted by atomic mass is 16.5. The average molecular weight is 257 g/mol. The lowest BCUT2D eigenvalue weighted by Crippen LogP contribution is -2.47. The molecule has 2 heterocycles. The number of hydrogen-bond donors (Lipinski definition) is 1. The van der Waals surface area contributed by atoms with Crippen LogP contribution in [0, 0.1) is 11.3 Å². The number of amides is 3. The number of para-hydroxylation sites is 1. The van der Waals surface area contributed by atoms with E-state index in [0.29, 0.717) is 24.3 Å². The minimum Gasteiger partial charge on any atom is -0.493 e. The van der Waals surface area contributed by atoms with Gasteiger partial charge in [0.2, 0.25) is 0 Å². The summed E-state index contributed by atoms with van der Waals surface area (Å²) < 4.78 is 5.50. The monoisotopic (exact) mass is 257 g/mol. The summed E-state index contributed by atoms with van der Waals surface area (Å²) in [6.07, 6.45) is 0.372. The van der Waals surface area contributed by atoms with Crippen LogP contribution in [0.3, 0.4) is 0 Å². The fraction of sp³-hybridized carbons (Fsp3) is 0.308. The summed E-state index contributed by atoms with van der Waals surface area (Å²) in [7, 11) is 0. The lowest BCUT2D eigenvalue weighted by molar-refractivity contribution is -0.132. The first-order valence-electron chi connectivity index (χ1n) is 5.92. The van der Waals surface area contributed by atoms with Crippen molar-refractivity contribution in [3.8, 4) is 11.8 Å². The minimum absolute atomic E-state index is 0.241. The zero-order valence-electron chi connectivity index (χ0n) is 10.0. The van der Waals surface area contributed by atoms with Crippen LogP contribution < -0.4 is 10.1 Å². The van der Waals surface area contributed by atoms with Crippen molar-refractivity contribution in [3.05, 3.63) is 29.8 Å². The van der Waals surface area contributed by atoms with Gasteiger partial charge in [0.25, 0.3) is 5.91 Å². The summed E-state index contributed by atoms with van der Waals surface area (Å²) in [4.78, 5) is 25.3. The molecule has 3 rings (SSSR count). The van der Waals surface area contributed by atoms with E-state index in [1.165, 1.54) is 0 Å². The number of rotatable bonds is 1. The number of nitrogens with zero attached hydrogens (tertiary/aromatic N) is 2. The maximum Gasteiger partial charge on any atom is 0.326 e. The Morgan fingerprint density at radius 2 is 2.21 bits per heavy atom. The lowest BCUT2D eigenvalue weighted by atomic mass is 9.84. The Morgan fingerprint density at radius 3 is 3.00 bits per heavy atom. The maximum absolute atomic E-state index is 12.5. The zero-order valence-corrected chi connectivity index (χ0v) is 10.0. The van der Waals surface area contributed by atoms with Gasteiger partial charge in [-0.15, -0.1) is 0 Å². The molecule has 19 heavy (non-hydrogen) atoms. The summed E-state index contributed by atoms with van der Waals surface area (Å²) in [6.45, 7) is 0.110. The zero-order chi connectivity index (χ0) is 13.5. The number of nitrogens with one attached hydrogen (secondary N) is 1. The number of carbonyl (C=O) groups excluding carboxylic acids is 2. The van der Waals surface area contributed by atoms with Gasteiger partial charge in [-0.05, 0) is 6.07 Å². The van der Waals surface area contributed by atoms with E-state index in [1.54, 1.807) is 18.2 Å². The molecule has 0 aliphatic carbocycles. The standard InChI is InChI=1S/C13H11N3O3/c14-6-7-16-11(17)13(15-12(16)18)5-8-19-10-4-2-1-3-9(10)13/h1-4H,5,7-8H2,(H,15,18). The van der Waals surface area contributed by atoms with Gasteiger partial charge in [-0.3, -0.25) is 4.79 Å². The van der Waals surface area contributed by atoms with Crippen LogP contribution in [0.1, 0.15) is 12.0 Å². The molecule has 1 atom stereocenters. The Bertz CT molecular complexity index is 607. The third-order valence-corrected chi connectivity index (χ3v) is 3.49. The third kappa shape index (κ3) is 1.48. The van der Waals surface area contributed by atoms with Gasteiger partial charge in [-0.2, -0.15) is 5.26 Å². The molecule has 1 unspecified atom stereocenters. The van der Waals surface area contributed by atoms with Gasteiger partial charge in [-0.25, -0.2) is 9.69 Å². The van der Waals surface area contributed by atoms with Gasteiger partial charge in [0.05, 0.1) is 12.7 Å². The fourth-order valence-corrected chi connectivity index (χ4v) is 2.59. The second-order valence-electron chi connectivity index (χ2n) is 4.48. The van der Waals surface area contributed by atoms with Gasteiger partial charge < -0.3 is 10.1 Å². The van der Waals surface area contributed by atoms with Crippen molar-refractivity contribution in [3.63, 3.8) is 0 Å². The van der Waals surface area contributed by atoms with E-state index in [4.69, 9.17) is 10.00 Å². The molecule has 1 saturated heterocycles. The molecule has 3 amide bonds. The average Bonchev–Trinajstić information content (AvgIpc) is 2.65. The summed E-state index contributed by atoms with van der Waals surface area (Å²) in [5, 5.41) is 11.4. The number of nitriles is 1. The molecule has 1 spiro atoms. The van der Waals surface area contributed by atoms with Gasteiger partial charge in [0.1, 0.15) is 12.3 Å². The van der Waals surface area contributed by atoms with Crippen molar-refractivity contribution in [1.29, 1.82) is 5.26 Å². The highest BCUT2D eigenvalue weighted by Gasteiger charge is 2.54. The van der Waals surface area contributed by atoms with Gasteiger partial charge in [0, 0.05) is 12.0 Å². The van der Waals surface area contributed by atoms with Crippen LogP contribution in [-0.4, -0.2) is 30.0 Å². The Labute approximate surface area is 109 Å². The molecule has 0 aromatic heterocycles. The molecule has 0 radical (unpaired) electrons. The van der Waals surface area contributed by atoms with Crippen LogP contribution in [-0.2, 0) is 10.3 Å². The van der Waals surface area contributed by atoms with Crippen LogP contribution in [0.5, 0.6) is 5.75 Å². The molecular weight excluding hydrogens is 246 g/mol. The van der Waals surface area contributed by atoms with E-state index in [9.17, 15) is 9.59 Å². The first-order chi connectivity index (χ1) is 9.19. The topological polar surface area (TPSA) is 82.4 Å². The molecule has 1 N–H and O–H groups in total. The predicted molar refractivity (Wildman–Crippen MR) is 64.1 cm³/mol. The number of carbonyl (C=O) groups is 2. The molecular formula is C13H11N3O3. The van der Waals surface area contributed by atoms with Crippen molar-refractivity contribution in [1.82, 2.24) is 10.2 Å². The van der Waals surface area contributed by atoms with Crippen molar-refractivity contribution in [2.75, 3.05) is 13.2 Å². The first-order valence-corrected chi connectivity index (χ1v) is 5.92. The maximum atomic E-state index is 12.5. The summed E-state index contributed by atoms with van der Waals surface area (Å²) in [5.41, 5.74) is -0.428. The van der Waals surface area contributed by atoms with E-state index >= 15 is 0 Å². The predicted octanol–water partition coefficient (Wildman–Crippen LogP) is 0.740. The number of benzene rings is 1. The van der Waals surface area contributed by atoms with E-state index in [-0.39, 0.29) is 12.5 Å². The number of imide groups is 1. The molecule has 1 fully saturated rings. The van der Waals surface area contributed by atoms with E-state index in [0.717, 1.165) is 4.90 Å². The van der Waals surface area contributed by atoms with Gasteiger partial charge >= 0.3 is 6.03 Å². The molecule has 2 aliphatic heterocycles. The molecule has 1 aromatic rings. The SMILES string of the molecule is N#CCN1C(=O)NC2(CCOc3ccccc32)C1=O. The lowest BCUT2D eigenvalue weighted by Gasteiger charge is -2.32. The first kappa shape index (κ1) is 11.5. The number of urea groups is 1. The van der Waals surface area contributed by atoms with Crippen LogP contribution in [0.15, 0.2) is 24.3 Å². The van der Waals surface area contributed by atoms with Crippen molar-refractivity contribution in [2.24, 2.45) is 0 Å². The molecule has 6 heteroatoms. The molecule has 2 aliphatic rings. The van der Waals surface area contributed by atoms with Crippen molar-refractivity contribution < 1.29 is 14.3 Å². The third-order valence-electron chi connectivity index (χ3n) is 3.49. The second-order valence-corrected chi connectivity index (χ2v) is 4.48. The van der Waals surface area contributed by atoms with Crippen LogP contribution in [0.25, 0.3) is 0 Å². The summed E-state index contributed by atoms with van der Waals surface area (Å²) >= 11 is 0. The molecule has 1 aromatic carbocycles. The summed E-state index contributed by atoms with van der Waals surface area (Å²) in [5.74, 6) is 0.219. The normalized spacial score (nSPS) is 24.7. The van der Waals surface area contributed by atoms with Crippen LogP contribution in [0.2, 0.25) is 0 Å². The van der Waals surface area contributed by atoms with Crippen LogP contribution in [0.4, 0.5) is 4.79 Å². The van der Waals surface area contributed by atoms with Crippen LogP contribution >= 0.6 is 0 Å². The summed E-state index contributed by atoms with van der Waals surface area (Å²) in [6, 6.07) is 8.44. The number of fused-ring (bicyclic) bond motifs is 2. The highest BCUT2D eigenvalue weighted by Crippen LogP contribution is 2.40. The Kier molecular flexibility index (Phi) is 2.42.